The third-order valence-electron chi connectivity index (χ3n) is 2.92. The van der Waals surface area contributed by atoms with E-state index in [-0.39, 0.29) is 24.0 Å². The molecule has 2 aromatic rings. The number of hydrogen-bond acceptors (Lipinski definition) is 4. The van der Waals surface area contributed by atoms with Crippen LogP contribution in [0.25, 0.3) is 0 Å². The van der Waals surface area contributed by atoms with Crippen LogP contribution < -0.4 is 10.6 Å². The molecular formula is C13H21IN6S. The van der Waals surface area contributed by atoms with Crippen LogP contribution >= 0.6 is 35.3 Å². The minimum atomic E-state index is 0. The van der Waals surface area contributed by atoms with Crippen molar-refractivity contribution in [3.63, 3.8) is 0 Å². The molecular weight excluding hydrogens is 399 g/mol. The molecule has 0 amide bonds. The van der Waals surface area contributed by atoms with E-state index in [1.807, 2.05) is 17.8 Å². The largest absolute Gasteiger partial charge is 0.351 e. The molecule has 2 heterocycles. The van der Waals surface area contributed by atoms with E-state index in [4.69, 9.17) is 0 Å². The lowest BCUT2D eigenvalue weighted by Gasteiger charge is -2.11. The normalized spacial score (nSPS) is 11.1. The summed E-state index contributed by atoms with van der Waals surface area (Å²) < 4.78 is 1.84. The molecule has 0 aromatic carbocycles. The van der Waals surface area contributed by atoms with Gasteiger partial charge in [-0.2, -0.15) is 5.10 Å². The maximum Gasteiger partial charge on any atom is 0.191 e. The third-order valence-corrected chi connectivity index (χ3v) is 3.96. The molecule has 0 atom stereocenters. The number of hydrogen-bond donors (Lipinski definition) is 2. The molecule has 0 unspecified atom stereocenters. The van der Waals surface area contributed by atoms with Gasteiger partial charge in [-0.25, -0.2) is 4.98 Å². The fraction of sp³-hybridized carbons (Fsp3) is 0.462. The molecule has 0 saturated heterocycles. The SMILES string of the molecule is CCc1nc(CNC(=NC)NCc2ccnn2C)cs1.I. The van der Waals surface area contributed by atoms with E-state index in [0.717, 1.165) is 23.8 Å². The average molecular weight is 420 g/mol. The van der Waals surface area contributed by atoms with Crippen LogP contribution in [0.5, 0.6) is 0 Å². The van der Waals surface area contributed by atoms with Crippen LogP contribution in [0.1, 0.15) is 23.3 Å². The van der Waals surface area contributed by atoms with Crippen LogP contribution in [-0.2, 0) is 26.6 Å². The molecule has 8 heteroatoms. The molecule has 0 saturated carbocycles. The average Bonchev–Trinajstić information content (AvgIpc) is 3.08. The van der Waals surface area contributed by atoms with Gasteiger partial charge in [0, 0.05) is 25.7 Å². The monoisotopic (exact) mass is 420 g/mol. The highest BCUT2D eigenvalue weighted by Gasteiger charge is 2.03. The highest BCUT2D eigenvalue weighted by molar-refractivity contribution is 14.0. The first kappa shape index (κ1) is 17.9. The van der Waals surface area contributed by atoms with Crippen molar-refractivity contribution in [3.8, 4) is 0 Å². The van der Waals surface area contributed by atoms with Gasteiger partial charge in [0.1, 0.15) is 0 Å². The zero-order chi connectivity index (χ0) is 14.4. The molecule has 2 aromatic heterocycles. The zero-order valence-corrected chi connectivity index (χ0v) is 15.6. The Morgan fingerprint density at radius 2 is 2.14 bits per heavy atom. The topological polar surface area (TPSA) is 67.1 Å². The van der Waals surface area contributed by atoms with Crippen molar-refractivity contribution < 1.29 is 0 Å². The van der Waals surface area contributed by atoms with E-state index < -0.39 is 0 Å². The molecule has 0 aliphatic carbocycles. The molecule has 0 bridgehead atoms. The molecule has 0 spiro atoms. The fourth-order valence-corrected chi connectivity index (χ4v) is 2.48. The van der Waals surface area contributed by atoms with Crippen molar-refractivity contribution in [1.29, 1.82) is 0 Å². The highest BCUT2D eigenvalue weighted by Crippen LogP contribution is 2.09. The minimum absolute atomic E-state index is 0. The molecule has 0 radical (unpaired) electrons. The minimum Gasteiger partial charge on any atom is -0.351 e. The van der Waals surface area contributed by atoms with Gasteiger partial charge in [-0.05, 0) is 12.5 Å². The van der Waals surface area contributed by atoms with E-state index in [1.165, 1.54) is 5.01 Å². The van der Waals surface area contributed by atoms with E-state index >= 15 is 0 Å². The molecule has 0 aliphatic rings. The van der Waals surface area contributed by atoms with Gasteiger partial charge >= 0.3 is 0 Å². The molecule has 2 rings (SSSR count). The maximum atomic E-state index is 4.52. The van der Waals surface area contributed by atoms with Crippen LogP contribution in [0.2, 0.25) is 0 Å². The van der Waals surface area contributed by atoms with E-state index in [1.54, 1.807) is 24.6 Å². The first-order valence-electron chi connectivity index (χ1n) is 6.57. The number of guanidine groups is 1. The van der Waals surface area contributed by atoms with Crippen molar-refractivity contribution >= 4 is 41.3 Å². The summed E-state index contributed by atoms with van der Waals surface area (Å²) in [4.78, 5) is 8.72. The first-order chi connectivity index (χ1) is 9.72. The number of thiazole rings is 1. The molecule has 6 nitrogen and oxygen atoms in total. The maximum absolute atomic E-state index is 4.52. The summed E-state index contributed by atoms with van der Waals surface area (Å²) in [5.41, 5.74) is 2.16. The fourth-order valence-electron chi connectivity index (χ4n) is 1.74. The summed E-state index contributed by atoms with van der Waals surface area (Å²) >= 11 is 1.70. The van der Waals surface area contributed by atoms with Gasteiger partial charge in [0.15, 0.2) is 5.96 Å². The second kappa shape index (κ2) is 8.98. The standard InChI is InChI=1S/C13H20N6S.HI/c1-4-12-18-10(9-20-12)7-15-13(14-2)16-8-11-5-6-17-19(11)3;/h5-6,9H,4,7-8H2,1-3H3,(H2,14,15,16);1H. The van der Waals surface area contributed by atoms with Crippen molar-refractivity contribution in [3.05, 3.63) is 34.0 Å². The van der Waals surface area contributed by atoms with Crippen molar-refractivity contribution in [2.75, 3.05) is 7.05 Å². The molecule has 0 fully saturated rings. The van der Waals surface area contributed by atoms with E-state index in [2.05, 4.69) is 38.0 Å². The lowest BCUT2D eigenvalue weighted by atomic mass is 10.4. The predicted molar refractivity (Wildman–Crippen MR) is 97.2 cm³/mol. The Kier molecular flexibility index (Phi) is 7.65. The van der Waals surface area contributed by atoms with Gasteiger partial charge < -0.3 is 10.6 Å². The number of nitrogens with one attached hydrogen (secondary N) is 2. The lowest BCUT2D eigenvalue weighted by molar-refractivity contribution is 0.683. The summed E-state index contributed by atoms with van der Waals surface area (Å²) in [5, 5.41) is 13.9. The summed E-state index contributed by atoms with van der Waals surface area (Å²) in [7, 11) is 3.69. The summed E-state index contributed by atoms with van der Waals surface area (Å²) in [6.07, 6.45) is 2.77. The summed E-state index contributed by atoms with van der Waals surface area (Å²) in [5.74, 6) is 0.761. The highest BCUT2D eigenvalue weighted by atomic mass is 127. The molecule has 21 heavy (non-hydrogen) atoms. The van der Waals surface area contributed by atoms with Crippen molar-refractivity contribution in [2.24, 2.45) is 12.0 Å². The Morgan fingerprint density at radius 3 is 2.71 bits per heavy atom. The van der Waals surface area contributed by atoms with Gasteiger partial charge in [-0.1, -0.05) is 6.92 Å². The van der Waals surface area contributed by atoms with Gasteiger partial charge in [-0.3, -0.25) is 9.67 Å². The number of aromatic nitrogens is 3. The number of aryl methyl sites for hydroxylation is 2. The van der Waals surface area contributed by atoms with Crippen molar-refractivity contribution in [1.82, 2.24) is 25.4 Å². The van der Waals surface area contributed by atoms with Crippen LogP contribution in [-0.4, -0.2) is 27.8 Å². The number of nitrogens with zero attached hydrogens (tertiary/aromatic N) is 4. The second-order valence-corrected chi connectivity index (χ2v) is 5.25. The second-order valence-electron chi connectivity index (χ2n) is 4.31. The van der Waals surface area contributed by atoms with Crippen LogP contribution in [0.4, 0.5) is 0 Å². The van der Waals surface area contributed by atoms with Gasteiger partial charge in [0.05, 0.1) is 29.5 Å². The Bertz CT molecular complexity index is 577. The first-order valence-corrected chi connectivity index (χ1v) is 7.45. The summed E-state index contributed by atoms with van der Waals surface area (Å²) in [6, 6.07) is 1.98. The third kappa shape index (κ3) is 5.27. The quantitative estimate of drug-likeness (QED) is 0.441. The van der Waals surface area contributed by atoms with Gasteiger partial charge in [0.25, 0.3) is 0 Å². The Balaban J connectivity index is 0.00000220. The Labute approximate surface area is 146 Å². The van der Waals surface area contributed by atoms with E-state index in [9.17, 15) is 0 Å². The molecule has 116 valence electrons. The number of aliphatic imine (C=N–C) groups is 1. The number of rotatable bonds is 5. The Hall–Kier alpha value is -1.16. The summed E-state index contributed by atoms with van der Waals surface area (Å²) in [6.45, 7) is 3.49. The Morgan fingerprint density at radius 1 is 1.38 bits per heavy atom. The van der Waals surface area contributed by atoms with E-state index in [0.29, 0.717) is 13.1 Å². The predicted octanol–water partition coefficient (Wildman–Crippen LogP) is 1.92. The van der Waals surface area contributed by atoms with Crippen LogP contribution in [0.3, 0.4) is 0 Å². The van der Waals surface area contributed by atoms with Gasteiger partial charge in [0.2, 0.25) is 0 Å². The van der Waals surface area contributed by atoms with Crippen molar-refractivity contribution in [2.45, 2.75) is 26.4 Å². The number of halogens is 1. The zero-order valence-electron chi connectivity index (χ0n) is 12.5. The lowest BCUT2D eigenvalue weighted by Crippen LogP contribution is -2.36. The molecule has 0 aliphatic heterocycles. The van der Waals surface area contributed by atoms with Gasteiger partial charge in [-0.15, -0.1) is 35.3 Å². The van der Waals surface area contributed by atoms with Crippen LogP contribution in [0.15, 0.2) is 22.6 Å². The molecule has 2 N–H and O–H groups in total. The van der Waals surface area contributed by atoms with Crippen LogP contribution in [0, 0.1) is 0 Å². The smallest absolute Gasteiger partial charge is 0.191 e.